The minimum atomic E-state index is -0.436. The smallest absolute Gasteiger partial charge is 0.219 e. The van der Waals surface area contributed by atoms with Crippen molar-refractivity contribution in [1.82, 2.24) is 4.98 Å². The van der Waals surface area contributed by atoms with E-state index in [9.17, 15) is 5.11 Å². The van der Waals surface area contributed by atoms with E-state index in [0.717, 1.165) is 15.6 Å². The Bertz CT molecular complexity index is 341. The van der Waals surface area contributed by atoms with Crippen LogP contribution in [0.25, 0.3) is 0 Å². The van der Waals surface area contributed by atoms with Crippen LogP contribution in [0.5, 0.6) is 5.88 Å². The predicted octanol–water partition coefficient (Wildman–Crippen LogP) is 1.97. The summed E-state index contributed by atoms with van der Waals surface area (Å²) in [4.78, 5) is 4.10. The van der Waals surface area contributed by atoms with Gasteiger partial charge in [-0.15, -0.1) is 0 Å². The number of halogens is 1. The average molecular weight is 244 g/mol. The van der Waals surface area contributed by atoms with Crippen molar-refractivity contribution in [1.29, 1.82) is 0 Å². The van der Waals surface area contributed by atoms with Crippen molar-refractivity contribution in [2.24, 2.45) is 0 Å². The van der Waals surface area contributed by atoms with Crippen LogP contribution in [-0.2, 0) is 0 Å². The molecule has 1 aliphatic heterocycles. The molecule has 1 unspecified atom stereocenters. The minimum absolute atomic E-state index is 0.436. The van der Waals surface area contributed by atoms with Gasteiger partial charge in [0.25, 0.3) is 0 Å². The molecule has 13 heavy (non-hydrogen) atoms. The lowest BCUT2D eigenvalue weighted by atomic mass is 10.0. The van der Waals surface area contributed by atoms with Crippen molar-refractivity contribution in [3.8, 4) is 5.88 Å². The third kappa shape index (κ3) is 1.44. The monoisotopic (exact) mass is 243 g/mol. The molecule has 0 aromatic carbocycles. The Balaban J connectivity index is 2.58. The zero-order valence-electron chi connectivity index (χ0n) is 7.25. The zero-order valence-corrected chi connectivity index (χ0v) is 8.84. The van der Waals surface area contributed by atoms with Crippen molar-refractivity contribution in [2.45, 2.75) is 19.4 Å². The molecule has 4 heteroatoms. The number of ether oxygens (including phenoxy) is 1. The Morgan fingerprint density at radius 2 is 2.46 bits per heavy atom. The molecule has 0 spiro atoms. The molecule has 0 aliphatic carbocycles. The van der Waals surface area contributed by atoms with Crippen LogP contribution >= 0.6 is 15.9 Å². The highest BCUT2D eigenvalue weighted by molar-refractivity contribution is 9.10. The summed E-state index contributed by atoms with van der Waals surface area (Å²) < 4.78 is 6.25. The highest BCUT2D eigenvalue weighted by atomic mass is 79.9. The molecule has 1 aliphatic rings. The van der Waals surface area contributed by atoms with Gasteiger partial charge in [0.15, 0.2) is 0 Å². The van der Waals surface area contributed by atoms with E-state index in [1.54, 1.807) is 6.20 Å². The van der Waals surface area contributed by atoms with Crippen molar-refractivity contribution in [2.75, 3.05) is 6.61 Å². The van der Waals surface area contributed by atoms with E-state index in [0.29, 0.717) is 18.9 Å². The quantitative estimate of drug-likeness (QED) is 0.758. The number of aliphatic hydroxyl groups is 1. The molecule has 0 radical (unpaired) electrons. The summed E-state index contributed by atoms with van der Waals surface area (Å²) >= 11 is 3.37. The van der Waals surface area contributed by atoms with Crippen LogP contribution in [0.4, 0.5) is 0 Å². The second kappa shape index (κ2) is 3.27. The number of rotatable bonds is 0. The van der Waals surface area contributed by atoms with Gasteiger partial charge >= 0.3 is 0 Å². The zero-order chi connectivity index (χ0) is 9.42. The molecule has 1 atom stereocenters. The molecular formula is C9H10BrNO2. The van der Waals surface area contributed by atoms with Crippen molar-refractivity contribution >= 4 is 15.9 Å². The van der Waals surface area contributed by atoms with Gasteiger partial charge in [0.05, 0.1) is 12.7 Å². The Labute approximate surface area is 84.9 Å². The van der Waals surface area contributed by atoms with Gasteiger partial charge in [0, 0.05) is 22.7 Å². The minimum Gasteiger partial charge on any atom is -0.477 e. The lowest BCUT2D eigenvalue weighted by Gasteiger charge is -2.23. The first-order valence-electron chi connectivity index (χ1n) is 4.16. The van der Waals surface area contributed by atoms with Crippen LogP contribution in [0.1, 0.15) is 23.7 Å². The summed E-state index contributed by atoms with van der Waals surface area (Å²) in [6, 6.07) is 0. The van der Waals surface area contributed by atoms with Gasteiger partial charge in [0.2, 0.25) is 5.88 Å². The molecule has 0 fully saturated rings. The van der Waals surface area contributed by atoms with E-state index in [1.165, 1.54) is 0 Å². The number of hydrogen-bond acceptors (Lipinski definition) is 3. The van der Waals surface area contributed by atoms with Gasteiger partial charge in [0.1, 0.15) is 0 Å². The molecule has 1 aromatic heterocycles. The molecule has 0 saturated carbocycles. The fourth-order valence-corrected chi connectivity index (χ4v) is 1.81. The van der Waals surface area contributed by atoms with Crippen molar-refractivity contribution < 1.29 is 9.84 Å². The third-order valence-electron chi connectivity index (χ3n) is 2.25. The van der Waals surface area contributed by atoms with Gasteiger partial charge in [-0.3, -0.25) is 0 Å². The lowest BCUT2D eigenvalue weighted by Crippen LogP contribution is -2.16. The fraction of sp³-hybridized carbons (Fsp3) is 0.444. The third-order valence-corrected chi connectivity index (χ3v) is 3.05. The first kappa shape index (κ1) is 8.97. The number of aliphatic hydroxyl groups excluding tert-OH is 1. The largest absolute Gasteiger partial charge is 0.477 e. The summed E-state index contributed by atoms with van der Waals surface area (Å²) in [7, 11) is 0. The van der Waals surface area contributed by atoms with Crippen molar-refractivity contribution in [3.05, 3.63) is 21.8 Å². The van der Waals surface area contributed by atoms with E-state index < -0.39 is 6.10 Å². The standard InChI is InChI=1S/C9H10BrNO2/c1-5-6(10)4-11-9-8(5)7(12)2-3-13-9/h4,7,12H,2-3H2,1H3. The van der Waals surface area contributed by atoms with Gasteiger partial charge < -0.3 is 9.84 Å². The van der Waals surface area contributed by atoms with Crippen LogP contribution < -0.4 is 4.74 Å². The van der Waals surface area contributed by atoms with Gasteiger partial charge in [-0.05, 0) is 28.4 Å². The first-order chi connectivity index (χ1) is 6.20. The summed E-state index contributed by atoms with van der Waals surface area (Å²) in [6.07, 6.45) is 1.91. The number of nitrogens with zero attached hydrogens (tertiary/aromatic N) is 1. The molecular weight excluding hydrogens is 234 g/mol. The normalized spacial score (nSPS) is 20.7. The lowest BCUT2D eigenvalue weighted by molar-refractivity contribution is 0.111. The molecule has 1 N–H and O–H groups in total. The summed E-state index contributed by atoms with van der Waals surface area (Å²) in [6.45, 7) is 2.49. The Kier molecular flexibility index (Phi) is 2.26. The highest BCUT2D eigenvalue weighted by Crippen LogP contribution is 2.35. The molecule has 70 valence electrons. The number of hydrogen-bond donors (Lipinski definition) is 1. The van der Waals surface area contributed by atoms with E-state index in [4.69, 9.17) is 4.74 Å². The second-order valence-corrected chi connectivity index (χ2v) is 3.96. The maximum atomic E-state index is 9.73. The molecule has 2 rings (SSSR count). The SMILES string of the molecule is Cc1c(Br)cnc2c1C(O)CCO2. The number of aromatic nitrogens is 1. The van der Waals surface area contributed by atoms with Crippen LogP contribution in [0.3, 0.4) is 0 Å². The van der Waals surface area contributed by atoms with E-state index in [2.05, 4.69) is 20.9 Å². The Morgan fingerprint density at radius 1 is 1.69 bits per heavy atom. The topological polar surface area (TPSA) is 42.4 Å². The van der Waals surface area contributed by atoms with Crippen LogP contribution in [0, 0.1) is 6.92 Å². The first-order valence-corrected chi connectivity index (χ1v) is 4.95. The number of fused-ring (bicyclic) bond motifs is 1. The van der Waals surface area contributed by atoms with E-state index >= 15 is 0 Å². The summed E-state index contributed by atoms with van der Waals surface area (Å²) in [5.41, 5.74) is 1.83. The summed E-state index contributed by atoms with van der Waals surface area (Å²) in [5, 5.41) is 9.73. The van der Waals surface area contributed by atoms with Gasteiger partial charge in [-0.1, -0.05) is 0 Å². The maximum absolute atomic E-state index is 9.73. The van der Waals surface area contributed by atoms with E-state index in [-0.39, 0.29) is 0 Å². The average Bonchev–Trinajstić information content (AvgIpc) is 2.12. The Hall–Kier alpha value is -0.610. The fourth-order valence-electron chi connectivity index (χ4n) is 1.49. The molecule has 0 saturated heterocycles. The Morgan fingerprint density at radius 3 is 3.23 bits per heavy atom. The molecule has 2 heterocycles. The van der Waals surface area contributed by atoms with E-state index in [1.807, 2.05) is 6.92 Å². The van der Waals surface area contributed by atoms with Gasteiger partial charge in [-0.2, -0.15) is 0 Å². The molecule has 0 bridgehead atoms. The van der Waals surface area contributed by atoms with Crippen LogP contribution in [0.15, 0.2) is 10.7 Å². The van der Waals surface area contributed by atoms with Crippen molar-refractivity contribution in [3.63, 3.8) is 0 Å². The second-order valence-electron chi connectivity index (χ2n) is 3.10. The van der Waals surface area contributed by atoms with Crippen LogP contribution in [-0.4, -0.2) is 16.7 Å². The molecule has 0 amide bonds. The van der Waals surface area contributed by atoms with Crippen LogP contribution in [0.2, 0.25) is 0 Å². The molecule has 3 nitrogen and oxygen atoms in total. The summed E-state index contributed by atoms with van der Waals surface area (Å²) in [5.74, 6) is 0.569. The molecule has 1 aromatic rings. The number of pyridine rings is 1. The highest BCUT2D eigenvalue weighted by Gasteiger charge is 2.23. The maximum Gasteiger partial charge on any atom is 0.219 e. The predicted molar refractivity (Wildman–Crippen MR) is 51.7 cm³/mol. The van der Waals surface area contributed by atoms with Gasteiger partial charge in [-0.25, -0.2) is 4.98 Å².